The molecule has 0 saturated carbocycles. The lowest BCUT2D eigenvalue weighted by molar-refractivity contribution is 0.566. The fourth-order valence-corrected chi connectivity index (χ4v) is 2.00. The van der Waals surface area contributed by atoms with Crippen LogP contribution in [0.4, 0.5) is 0 Å². The SMILES string of the molecule is CC(C)(C)c1cc(CNCc2cc(C(C)(C)C)n[nH]2)[nH]n1. The maximum atomic E-state index is 4.36. The van der Waals surface area contributed by atoms with Crippen molar-refractivity contribution in [3.05, 3.63) is 34.9 Å². The van der Waals surface area contributed by atoms with E-state index >= 15 is 0 Å². The van der Waals surface area contributed by atoms with Gasteiger partial charge >= 0.3 is 0 Å². The highest BCUT2D eigenvalue weighted by Crippen LogP contribution is 2.21. The standard InChI is InChI=1S/C16H27N5/c1-15(2,3)13-7-11(18-20-13)9-17-10-12-8-14(21-19-12)16(4,5)6/h7-8,17H,9-10H2,1-6H3,(H,18,20)(H,19,21). The largest absolute Gasteiger partial charge is 0.306 e. The van der Waals surface area contributed by atoms with Crippen LogP contribution in [0.1, 0.15) is 64.3 Å². The molecule has 0 aliphatic heterocycles. The van der Waals surface area contributed by atoms with Crippen LogP contribution >= 0.6 is 0 Å². The molecule has 5 nitrogen and oxygen atoms in total. The highest BCUT2D eigenvalue weighted by Gasteiger charge is 2.18. The molecule has 2 aromatic heterocycles. The van der Waals surface area contributed by atoms with Gasteiger partial charge in [0.1, 0.15) is 0 Å². The molecule has 21 heavy (non-hydrogen) atoms. The van der Waals surface area contributed by atoms with E-state index in [-0.39, 0.29) is 10.8 Å². The molecule has 0 fully saturated rings. The van der Waals surface area contributed by atoms with Gasteiger partial charge in [-0.15, -0.1) is 0 Å². The summed E-state index contributed by atoms with van der Waals surface area (Å²) in [5.41, 5.74) is 4.57. The van der Waals surface area contributed by atoms with Crippen molar-refractivity contribution in [3.63, 3.8) is 0 Å². The highest BCUT2D eigenvalue weighted by molar-refractivity contribution is 5.17. The minimum absolute atomic E-state index is 0.0831. The first kappa shape index (κ1) is 15.8. The Hall–Kier alpha value is -1.62. The van der Waals surface area contributed by atoms with Crippen molar-refractivity contribution in [2.45, 2.75) is 65.5 Å². The Morgan fingerprint density at radius 3 is 1.48 bits per heavy atom. The van der Waals surface area contributed by atoms with E-state index in [1.54, 1.807) is 0 Å². The van der Waals surface area contributed by atoms with E-state index in [0.29, 0.717) is 0 Å². The van der Waals surface area contributed by atoms with E-state index in [1.165, 1.54) is 0 Å². The summed E-state index contributed by atoms with van der Waals surface area (Å²) in [6.07, 6.45) is 0. The molecule has 0 aliphatic rings. The first-order valence-electron chi connectivity index (χ1n) is 7.46. The number of aromatic amines is 2. The van der Waals surface area contributed by atoms with E-state index in [0.717, 1.165) is 35.9 Å². The third-order valence-corrected chi connectivity index (χ3v) is 3.43. The van der Waals surface area contributed by atoms with Crippen molar-refractivity contribution in [3.8, 4) is 0 Å². The van der Waals surface area contributed by atoms with Crippen LogP contribution in [0.25, 0.3) is 0 Å². The minimum atomic E-state index is 0.0831. The van der Waals surface area contributed by atoms with Gasteiger partial charge in [0.2, 0.25) is 0 Å². The smallest absolute Gasteiger partial charge is 0.0678 e. The van der Waals surface area contributed by atoms with Crippen LogP contribution in [0.2, 0.25) is 0 Å². The predicted octanol–water partition coefficient (Wildman–Crippen LogP) is 3.02. The van der Waals surface area contributed by atoms with Crippen LogP contribution in [0, 0.1) is 0 Å². The van der Waals surface area contributed by atoms with Gasteiger partial charge in [-0.3, -0.25) is 10.2 Å². The molecule has 0 saturated heterocycles. The van der Waals surface area contributed by atoms with Gasteiger partial charge < -0.3 is 5.32 Å². The number of rotatable bonds is 4. The average molecular weight is 289 g/mol. The molecule has 0 aliphatic carbocycles. The molecule has 5 heteroatoms. The molecule has 2 rings (SSSR count). The van der Waals surface area contributed by atoms with Crippen molar-refractivity contribution < 1.29 is 0 Å². The van der Waals surface area contributed by atoms with Crippen molar-refractivity contribution in [1.29, 1.82) is 0 Å². The van der Waals surface area contributed by atoms with Gasteiger partial charge in [-0.2, -0.15) is 10.2 Å². The van der Waals surface area contributed by atoms with Gasteiger partial charge in [0.05, 0.1) is 11.4 Å². The summed E-state index contributed by atoms with van der Waals surface area (Å²) in [5, 5.41) is 18.3. The van der Waals surface area contributed by atoms with Crippen molar-refractivity contribution in [2.75, 3.05) is 0 Å². The summed E-state index contributed by atoms with van der Waals surface area (Å²) < 4.78 is 0. The van der Waals surface area contributed by atoms with Crippen molar-refractivity contribution >= 4 is 0 Å². The zero-order chi connectivity index (χ0) is 15.7. The summed E-state index contributed by atoms with van der Waals surface area (Å²) in [5.74, 6) is 0. The number of hydrogen-bond acceptors (Lipinski definition) is 3. The van der Waals surface area contributed by atoms with E-state index < -0.39 is 0 Å². The molecule has 0 unspecified atom stereocenters. The second kappa shape index (κ2) is 5.64. The van der Waals surface area contributed by atoms with Gasteiger partial charge in [-0.05, 0) is 12.1 Å². The maximum absolute atomic E-state index is 4.36. The number of nitrogens with zero attached hydrogens (tertiary/aromatic N) is 2. The second-order valence-electron chi connectivity index (χ2n) is 7.66. The zero-order valence-electron chi connectivity index (χ0n) is 14.0. The summed E-state index contributed by atoms with van der Waals surface area (Å²) in [4.78, 5) is 0. The predicted molar refractivity (Wildman–Crippen MR) is 85.1 cm³/mol. The second-order valence-corrected chi connectivity index (χ2v) is 7.66. The van der Waals surface area contributed by atoms with Crippen molar-refractivity contribution in [2.24, 2.45) is 0 Å². The summed E-state index contributed by atoms with van der Waals surface area (Å²) in [6.45, 7) is 14.5. The quantitative estimate of drug-likeness (QED) is 0.810. The maximum Gasteiger partial charge on any atom is 0.0678 e. The highest BCUT2D eigenvalue weighted by atomic mass is 15.1. The van der Waals surface area contributed by atoms with Crippen LogP contribution < -0.4 is 5.32 Å². The molecule has 0 radical (unpaired) electrons. The molecule has 0 spiro atoms. The van der Waals surface area contributed by atoms with Crippen LogP contribution in [0.5, 0.6) is 0 Å². The van der Waals surface area contributed by atoms with E-state index in [1.807, 2.05) is 0 Å². The van der Waals surface area contributed by atoms with Gasteiger partial charge in [0.15, 0.2) is 0 Å². The Morgan fingerprint density at radius 1 is 0.810 bits per heavy atom. The Labute approximate surface area is 126 Å². The summed E-state index contributed by atoms with van der Waals surface area (Å²) in [6, 6.07) is 4.25. The van der Waals surface area contributed by atoms with Crippen LogP contribution in [0.15, 0.2) is 12.1 Å². The molecule has 2 heterocycles. The summed E-state index contributed by atoms with van der Waals surface area (Å²) >= 11 is 0. The number of aromatic nitrogens is 4. The van der Waals surface area contributed by atoms with Crippen LogP contribution in [-0.2, 0) is 23.9 Å². The topological polar surface area (TPSA) is 69.4 Å². The first-order chi connectivity index (χ1) is 9.66. The third kappa shape index (κ3) is 4.17. The average Bonchev–Trinajstić information content (AvgIpc) is 2.95. The summed E-state index contributed by atoms with van der Waals surface area (Å²) in [7, 11) is 0. The van der Waals surface area contributed by atoms with E-state index in [2.05, 4.69) is 79.4 Å². The molecule has 3 N–H and O–H groups in total. The van der Waals surface area contributed by atoms with E-state index in [9.17, 15) is 0 Å². The first-order valence-corrected chi connectivity index (χ1v) is 7.46. The Balaban J connectivity index is 1.87. The molecular formula is C16H27N5. The fourth-order valence-electron chi connectivity index (χ4n) is 2.00. The van der Waals surface area contributed by atoms with Gasteiger partial charge in [0, 0.05) is 35.3 Å². The van der Waals surface area contributed by atoms with Crippen LogP contribution in [0.3, 0.4) is 0 Å². The molecule has 0 aromatic carbocycles. The number of hydrogen-bond donors (Lipinski definition) is 3. The van der Waals surface area contributed by atoms with E-state index in [4.69, 9.17) is 0 Å². The lowest BCUT2D eigenvalue weighted by atomic mass is 9.92. The molecule has 0 bridgehead atoms. The lowest BCUT2D eigenvalue weighted by Crippen LogP contribution is -2.13. The number of H-pyrrole nitrogens is 2. The monoisotopic (exact) mass is 289 g/mol. The normalized spacial score (nSPS) is 12.9. The molecule has 0 atom stereocenters. The minimum Gasteiger partial charge on any atom is -0.306 e. The van der Waals surface area contributed by atoms with Crippen LogP contribution in [-0.4, -0.2) is 20.4 Å². The third-order valence-electron chi connectivity index (χ3n) is 3.43. The lowest BCUT2D eigenvalue weighted by Gasteiger charge is -2.13. The molecule has 116 valence electrons. The van der Waals surface area contributed by atoms with Gasteiger partial charge in [-0.25, -0.2) is 0 Å². The fraction of sp³-hybridized carbons (Fsp3) is 0.625. The zero-order valence-corrected chi connectivity index (χ0v) is 14.0. The molecule has 2 aromatic rings. The molecule has 0 amide bonds. The Morgan fingerprint density at radius 2 is 1.19 bits per heavy atom. The van der Waals surface area contributed by atoms with Crippen molar-refractivity contribution in [1.82, 2.24) is 25.7 Å². The Bertz CT molecular complexity index is 528. The Kier molecular flexibility index (Phi) is 4.23. The van der Waals surface area contributed by atoms with Gasteiger partial charge in [0.25, 0.3) is 0 Å². The molecular weight excluding hydrogens is 262 g/mol. The number of nitrogens with one attached hydrogen (secondary N) is 3. The van der Waals surface area contributed by atoms with Gasteiger partial charge in [-0.1, -0.05) is 41.5 Å².